The van der Waals surface area contributed by atoms with Crippen LogP contribution in [0.1, 0.15) is 29.8 Å². The zero-order valence-corrected chi connectivity index (χ0v) is 26.1. The molecule has 0 aromatic heterocycles. The van der Waals surface area contributed by atoms with E-state index >= 15 is 0 Å². The normalized spacial score (nSPS) is 11.4. The summed E-state index contributed by atoms with van der Waals surface area (Å²) in [6.45, 7) is 3.89. The fraction of sp³-hybridized carbons (Fsp3) is 0.148. The molecule has 4 aromatic rings. The van der Waals surface area contributed by atoms with Gasteiger partial charge in [0, 0.05) is 27.7 Å². The summed E-state index contributed by atoms with van der Waals surface area (Å²) in [6, 6.07) is 15.7. The zero-order valence-electron chi connectivity index (χ0n) is 21.7. The van der Waals surface area contributed by atoms with Crippen molar-refractivity contribution in [3.05, 3.63) is 81.8 Å². The van der Waals surface area contributed by atoms with Gasteiger partial charge in [0.25, 0.3) is 16.0 Å². The topological polar surface area (TPSA) is 140 Å². The van der Waals surface area contributed by atoms with Crippen molar-refractivity contribution in [3.8, 4) is 11.5 Å². The maximum atomic E-state index is 13.5. The second kappa shape index (κ2) is 13.3. The maximum absolute atomic E-state index is 13.5. The minimum Gasteiger partial charge on any atom is -0.870 e. The Kier molecular flexibility index (Phi) is 10.6. The first-order valence-corrected chi connectivity index (χ1v) is 13.9. The maximum Gasteiger partial charge on any atom is 1.00 e. The number of aryl methyl sites for hydroxylation is 1. The molecule has 0 heterocycles. The number of carbonyl (C=O) groups excluding carboxylic acids is 1. The fourth-order valence-corrected chi connectivity index (χ4v) is 5.42. The number of nitrogens with one attached hydrogen (secondary N) is 1. The summed E-state index contributed by atoms with van der Waals surface area (Å²) in [5.41, 5.74) is -0.182. The van der Waals surface area contributed by atoms with Gasteiger partial charge >= 0.3 is 29.6 Å². The molecule has 202 valence electrons. The predicted molar refractivity (Wildman–Crippen MR) is 149 cm³/mol. The molecule has 0 aliphatic heterocycles. The van der Waals surface area contributed by atoms with E-state index in [0.29, 0.717) is 33.8 Å². The fourth-order valence-electron chi connectivity index (χ4n) is 4.01. The molecule has 0 aliphatic carbocycles. The summed E-state index contributed by atoms with van der Waals surface area (Å²) in [7, 11) is -4.72. The van der Waals surface area contributed by atoms with Crippen LogP contribution in [-0.4, -0.2) is 25.5 Å². The third-order valence-corrected chi connectivity index (χ3v) is 7.21. The summed E-state index contributed by atoms with van der Waals surface area (Å²) >= 11 is 12.4. The van der Waals surface area contributed by atoms with Crippen LogP contribution in [0.5, 0.6) is 11.5 Å². The van der Waals surface area contributed by atoms with Crippen molar-refractivity contribution in [1.29, 1.82) is 0 Å². The second-order valence-electron chi connectivity index (χ2n) is 8.30. The first-order valence-electron chi connectivity index (χ1n) is 11.7. The van der Waals surface area contributed by atoms with E-state index in [9.17, 15) is 22.9 Å². The van der Waals surface area contributed by atoms with Crippen molar-refractivity contribution in [2.45, 2.75) is 25.2 Å². The number of rotatable bonds is 8. The van der Waals surface area contributed by atoms with Gasteiger partial charge in [-0.05, 0) is 48.6 Å². The summed E-state index contributed by atoms with van der Waals surface area (Å²) in [5, 5.41) is 25.3. The van der Waals surface area contributed by atoms with Crippen molar-refractivity contribution < 1.29 is 57.2 Å². The molecule has 0 saturated carbocycles. The summed E-state index contributed by atoms with van der Waals surface area (Å²) < 4.78 is 39.6. The number of benzene rings is 4. The zero-order chi connectivity index (χ0) is 28.3. The van der Waals surface area contributed by atoms with Crippen LogP contribution in [0.15, 0.2) is 75.8 Å². The summed E-state index contributed by atoms with van der Waals surface area (Å²) in [6.07, 6.45) is 0.259. The molecule has 40 heavy (non-hydrogen) atoms. The van der Waals surface area contributed by atoms with Gasteiger partial charge in [0.15, 0.2) is 0 Å². The van der Waals surface area contributed by atoms with Crippen LogP contribution in [0.25, 0.3) is 10.8 Å². The molecule has 0 bridgehead atoms. The van der Waals surface area contributed by atoms with Gasteiger partial charge in [0.05, 0.1) is 17.3 Å². The number of nitrogens with zero attached hydrogens (tertiary/aromatic N) is 2. The standard InChI is InChI=1S/C27H23Cl2N3O6S.Na/c1-3-15-9-10-22(29)24(26(15)39(35,36)37)32-31-23-20-8-6-5-7-16(20)11-21(25(23)33)27(34)30-18-12-17(28)13-19(14-18)38-4-2;/h5-14,33H,3-4H2,1-2H3,(H,30,34)(H,35,36,37);/q;+1/p-1. The number of ether oxygens (including phenoxy) is 1. The van der Waals surface area contributed by atoms with Crippen LogP contribution in [0.2, 0.25) is 10.0 Å². The number of carbonyl (C=O) groups is 1. The van der Waals surface area contributed by atoms with E-state index in [1.54, 1.807) is 50.2 Å². The van der Waals surface area contributed by atoms with Crippen molar-refractivity contribution in [2.75, 3.05) is 11.9 Å². The Balaban J connectivity index is 0.00000441. The molecule has 4 rings (SSSR count). The van der Waals surface area contributed by atoms with Gasteiger partial charge in [0.1, 0.15) is 16.3 Å². The van der Waals surface area contributed by atoms with Crippen molar-refractivity contribution in [3.63, 3.8) is 0 Å². The Morgan fingerprint density at radius 3 is 2.40 bits per heavy atom. The first-order chi connectivity index (χ1) is 18.5. The minimum absolute atomic E-state index is 0. The average Bonchev–Trinajstić information content (AvgIpc) is 2.87. The van der Waals surface area contributed by atoms with E-state index in [1.165, 1.54) is 24.3 Å². The first kappa shape index (κ1) is 31.8. The van der Waals surface area contributed by atoms with Crippen molar-refractivity contribution >= 4 is 67.1 Å². The predicted octanol–water partition coefficient (Wildman–Crippen LogP) is 4.10. The Hall–Kier alpha value is -2.70. The third-order valence-electron chi connectivity index (χ3n) is 5.71. The molecule has 0 radical (unpaired) electrons. The van der Waals surface area contributed by atoms with E-state index in [0.717, 1.165) is 0 Å². The van der Waals surface area contributed by atoms with Gasteiger partial charge in [-0.3, -0.25) is 9.35 Å². The van der Waals surface area contributed by atoms with Crippen LogP contribution in [0.3, 0.4) is 0 Å². The number of fused-ring (bicyclic) bond motifs is 1. The minimum atomic E-state index is -4.72. The van der Waals surface area contributed by atoms with Gasteiger partial charge in [0.2, 0.25) is 0 Å². The van der Waals surface area contributed by atoms with E-state index in [4.69, 9.17) is 27.9 Å². The van der Waals surface area contributed by atoms with Gasteiger partial charge in [-0.2, -0.15) is 13.5 Å². The van der Waals surface area contributed by atoms with E-state index in [1.807, 2.05) is 0 Å². The van der Waals surface area contributed by atoms with Crippen LogP contribution < -0.4 is 44.7 Å². The number of anilines is 1. The van der Waals surface area contributed by atoms with Crippen LogP contribution in [0.4, 0.5) is 17.1 Å². The van der Waals surface area contributed by atoms with Gasteiger partial charge in [-0.25, -0.2) is 0 Å². The molecule has 0 fully saturated rings. The monoisotopic (exact) mass is 609 g/mol. The summed E-state index contributed by atoms with van der Waals surface area (Å²) in [4.78, 5) is 12.7. The van der Waals surface area contributed by atoms with Gasteiger partial charge < -0.3 is 15.2 Å². The molecule has 0 spiro atoms. The number of azo groups is 1. The summed E-state index contributed by atoms with van der Waals surface area (Å²) in [5.74, 6) is -1.04. The van der Waals surface area contributed by atoms with Crippen molar-refractivity contribution in [1.82, 2.24) is 0 Å². The molecule has 0 aliphatic rings. The number of hydrogen-bond donors (Lipinski definition) is 2. The van der Waals surface area contributed by atoms with Crippen LogP contribution in [0, 0.1) is 0 Å². The number of hydrogen-bond acceptors (Lipinski definition) is 7. The SMILES string of the molecule is CCOc1cc(Cl)cc(NC(=O)c2cc3ccccc3c(N=Nc3c(Cl)ccc(CC)c3S(=O)(=O)O)c2[O-])c1.[Na+]. The van der Waals surface area contributed by atoms with Crippen LogP contribution in [-0.2, 0) is 16.5 Å². The largest absolute Gasteiger partial charge is 1.00 e. The van der Waals surface area contributed by atoms with E-state index in [-0.39, 0.29) is 63.5 Å². The third kappa shape index (κ3) is 6.95. The number of amides is 1. The Morgan fingerprint density at radius 1 is 1.02 bits per heavy atom. The molecule has 0 unspecified atom stereocenters. The molecule has 2 N–H and O–H groups in total. The smallest absolute Gasteiger partial charge is 0.870 e. The Labute approximate surface area is 263 Å². The molecule has 1 amide bonds. The quantitative estimate of drug-likeness (QED) is 0.175. The molecule has 13 heteroatoms. The molecule has 0 atom stereocenters. The Morgan fingerprint density at radius 2 is 1.73 bits per heavy atom. The second-order valence-corrected chi connectivity index (χ2v) is 10.5. The molecule has 0 saturated heterocycles. The van der Waals surface area contributed by atoms with E-state index in [2.05, 4.69) is 15.5 Å². The molecular weight excluding hydrogens is 588 g/mol. The van der Waals surface area contributed by atoms with Gasteiger partial charge in [-0.1, -0.05) is 66.2 Å². The van der Waals surface area contributed by atoms with Crippen molar-refractivity contribution in [2.24, 2.45) is 10.2 Å². The molecular formula is C27H22Cl2N3NaO6S. The number of halogens is 2. The van der Waals surface area contributed by atoms with Gasteiger partial charge in [-0.15, -0.1) is 5.11 Å². The molecule has 4 aromatic carbocycles. The van der Waals surface area contributed by atoms with Crippen LogP contribution >= 0.6 is 23.2 Å². The molecule has 9 nitrogen and oxygen atoms in total. The Bertz CT molecular complexity index is 1730. The van der Waals surface area contributed by atoms with E-state index < -0.39 is 26.7 Å². The average molecular weight is 610 g/mol.